The SMILES string of the molecule is CC1(Cc2cc(Br)ccc2OCC(=O)Oc2cccc(CBr)c2Cl)SC(=O)N(Cc2ccccc2Cl)C1=O. The first-order valence-corrected chi connectivity index (χ1v) is 14.8. The maximum atomic E-state index is 13.4. The summed E-state index contributed by atoms with van der Waals surface area (Å²) < 4.78 is 10.9. The van der Waals surface area contributed by atoms with Crippen LogP contribution in [0.15, 0.2) is 65.1 Å². The first-order chi connectivity index (χ1) is 18.1. The van der Waals surface area contributed by atoms with Crippen LogP contribution in [0.2, 0.25) is 10.0 Å². The second-order valence-corrected chi connectivity index (χ2v) is 12.4. The zero-order valence-electron chi connectivity index (χ0n) is 20.0. The topological polar surface area (TPSA) is 72.9 Å². The summed E-state index contributed by atoms with van der Waals surface area (Å²) in [5.41, 5.74) is 2.13. The second kappa shape index (κ2) is 12.4. The van der Waals surface area contributed by atoms with Crippen molar-refractivity contribution in [2.75, 3.05) is 6.61 Å². The normalized spacial score (nSPS) is 17.1. The van der Waals surface area contributed by atoms with Crippen LogP contribution in [0.1, 0.15) is 23.6 Å². The van der Waals surface area contributed by atoms with Gasteiger partial charge in [-0.2, -0.15) is 0 Å². The lowest BCUT2D eigenvalue weighted by Crippen LogP contribution is -2.38. The first-order valence-electron chi connectivity index (χ1n) is 11.3. The number of carbonyl (C=O) groups is 3. The molecule has 0 spiro atoms. The smallest absolute Gasteiger partial charge is 0.349 e. The third-order valence-electron chi connectivity index (χ3n) is 5.82. The molecule has 1 atom stereocenters. The Labute approximate surface area is 251 Å². The zero-order chi connectivity index (χ0) is 27.4. The number of nitrogens with zero attached hydrogens (tertiary/aromatic N) is 1. The Morgan fingerprint density at radius 2 is 1.74 bits per heavy atom. The molecule has 1 unspecified atom stereocenters. The molecule has 198 valence electrons. The van der Waals surface area contributed by atoms with Gasteiger partial charge in [-0.25, -0.2) is 4.79 Å². The Bertz CT molecular complexity index is 1410. The number of halogens is 4. The van der Waals surface area contributed by atoms with Crippen LogP contribution in [0.3, 0.4) is 0 Å². The minimum Gasteiger partial charge on any atom is -0.482 e. The summed E-state index contributed by atoms with van der Waals surface area (Å²) in [6, 6.07) is 17.5. The van der Waals surface area contributed by atoms with E-state index in [9.17, 15) is 14.4 Å². The summed E-state index contributed by atoms with van der Waals surface area (Å²) in [7, 11) is 0. The highest BCUT2D eigenvalue weighted by Crippen LogP contribution is 2.42. The van der Waals surface area contributed by atoms with Crippen LogP contribution in [-0.2, 0) is 27.9 Å². The molecule has 1 fully saturated rings. The van der Waals surface area contributed by atoms with E-state index in [1.54, 1.807) is 61.5 Å². The number of carbonyl (C=O) groups excluding carboxylic acids is 3. The minimum absolute atomic E-state index is 0.0897. The fourth-order valence-electron chi connectivity index (χ4n) is 3.92. The maximum absolute atomic E-state index is 13.4. The predicted molar refractivity (Wildman–Crippen MR) is 156 cm³/mol. The molecule has 1 heterocycles. The van der Waals surface area contributed by atoms with E-state index in [1.165, 1.54) is 4.90 Å². The van der Waals surface area contributed by atoms with Crippen LogP contribution in [0.4, 0.5) is 4.79 Å². The number of hydrogen-bond donors (Lipinski definition) is 0. The van der Waals surface area contributed by atoms with E-state index in [0.29, 0.717) is 32.3 Å². The van der Waals surface area contributed by atoms with Crippen LogP contribution in [-0.4, -0.2) is 33.4 Å². The van der Waals surface area contributed by atoms with Gasteiger partial charge in [-0.3, -0.25) is 14.5 Å². The predicted octanol–water partition coefficient (Wildman–Crippen LogP) is 7.83. The maximum Gasteiger partial charge on any atom is 0.349 e. The van der Waals surface area contributed by atoms with Crippen molar-refractivity contribution in [3.63, 3.8) is 0 Å². The van der Waals surface area contributed by atoms with Gasteiger partial charge in [0.1, 0.15) is 16.2 Å². The molecule has 0 saturated carbocycles. The highest BCUT2D eigenvalue weighted by atomic mass is 79.9. The van der Waals surface area contributed by atoms with Crippen LogP contribution in [0, 0.1) is 0 Å². The molecule has 1 saturated heterocycles. The summed E-state index contributed by atoms with van der Waals surface area (Å²) in [6.07, 6.45) is 0.199. The number of imide groups is 1. The lowest BCUT2D eigenvalue weighted by atomic mass is 9.98. The van der Waals surface area contributed by atoms with E-state index in [0.717, 1.165) is 21.8 Å². The second-order valence-electron chi connectivity index (χ2n) is 8.64. The van der Waals surface area contributed by atoms with Crippen molar-refractivity contribution in [1.29, 1.82) is 0 Å². The number of amides is 2. The van der Waals surface area contributed by atoms with Gasteiger partial charge in [0.2, 0.25) is 5.91 Å². The highest BCUT2D eigenvalue weighted by molar-refractivity contribution is 9.10. The minimum atomic E-state index is -1.07. The molecule has 0 aliphatic carbocycles. The molecular formula is C27H21Br2Cl2NO5S. The van der Waals surface area contributed by atoms with E-state index >= 15 is 0 Å². The van der Waals surface area contributed by atoms with Crippen molar-refractivity contribution in [2.24, 2.45) is 0 Å². The number of alkyl halides is 1. The molecule has 6 nitrogen and oxygen atoms in total. The molecule has 0 bridgehead atoms. The molecule has 2 amide bonds. The fraction of sp³-hybridized carbons (Fsp3) is 0.222. The Morgan fingerprint density at radius 1 is 1.00 bits per heavy atom. The van der Waals surface area contributed by atoms with Gasteiger partial charge in [0.05, 0.1) is 11.6 Å². The Morgan fingerprint density at radius 3 is 2.47 bits per heavy atom. The Hall–Kier alpha value is -2.04. The van der Waals surface area contributed by atoms with Gasteiger partial charge in [-0.05, 0) is 72.1 Å². The summed E-state index contributed by atoms with van der Waals surface area (Å²) >= 11 is 20.3. The molecule has 1 aliphatic heterocycles. The van der Waals surface area contributed by atoms with Crippen molar-refractivity contribution >= 4 is 83.9 Å². The van der Waals surface area contributed by atoms with E-state index < -0.39 is 10.7 Å². The molecule has 0 radical (unpaired) electrons. The molecule has 3 aromatic carbocycles. The molecule has 0 N–H and O–H groups in total. The van der Waals surface area contributed by atoms with Gasteiger partial charge in [-0.1, -0.05) is 85.4 Å². The quantitative estimate of drug-likeness (QED) is 0.129. The zero-order valence-corrected chi connectivity index (χ0v) is 25.5. The van der Waals surface area contributed by atoms with Gasteiger partial charge in [0, 0.05) is 14.8 Å². The molecular weight excluding hydrogens is 681 g/mol. The number of hydrogen-bond acceptors (Lipinski definition) is 6. The molecule has 0 aromatic heterocycles. The van der Waals surface area contributed by atoms with Gasteiger partial charge in [0.15, 0.2) is 6.61 Å². The van der Waals surface area contributed by atoms with Crippen LogP contribution in [0.25, 0.3) is 0 Å². The number of thioether (sulfide) groups is 1. The Balaban J connectivity index is 1.47. The Kier molecular flexibility index (Phi) is 9.47. The molecule has 1 aliphatic rings. The van der Waals surface area contributed by atoms with E-state index in [1.807, 2.05) is 6.07 Å². The summed E-state index contributed by atoms with van der Waals surface area (Å²) in [5, 5.41) is 1.00. The van der Waals surface area contributed by atoms with Crippen LogP contribution < -0.4 is 9.47 Å². The average molecular weight is 702 g/mol. The fourth-order valence-corrected chi connectivity index (χ4v) is 6.45. The molecule has 11 heteroatoms. The third kappa shape index (κ3) is 6.57. The lowest BCUT2D eigenvalue weighted by Gasteiger charge is -2.23. The van der Waals surface area contributed by atoms with E-state index in [4.69, 9.17) is 32.7 Å². The molecule has 38 heavy (non-hydrogen) atoms. The summed E-state index contributed by atoms with van der Waals surface area (Å²) in [5.74, 6) is -0.312. The largest absolute Gasteiger partial charge is 0.482 e. The van der Waals surface area contributed by atoms with Crippen LogP contribution >= 0.6 is 66.8 Å². The van der Waals surface area contributed by atoms with Gasteiger partial charge in [-0.15, -0.1) is 0 Å². The number of esters is 1. The monoisotopic (exact) mass is 699 g/mol. The van der Waals surface area contributed by atoms with Crippen molar-refractivity contribution in [3.8, 4) is 11.5 Å². The summed E-state index contributed by atoms with van der Waals surface area (Å²) in [4.78, 5) is 40.0. The van der Waals surface area contributed by atoms with E-state index in [2.05, 4.69) is 31.9 Å². The van der Waals surface area contributed by atoms with Gasteiger partial charge >= 0.3 is 5.97 Å². The van der Waals surface area contributed by atoms with E-state index in [-0.39, 0.29) is 36.5 Å². The van der Waals surface area contributed by atoms with Crippen molar-refractivity contribution in [2.45, 2.75) is 30.0 Å². The van der Waals surface area contributed by atoms with Crippen LogP contribution in [0.5, 0.6) is 11.5 Å². The first kappa shape index (κ1) is 29.0. The van der Waals surface area contributed by atoms with Crippen molar-refractivity contribution in [1.82, 2.24) is 4.90 Å². The molecule has 4 rings (SSSR count). The number of rotatable bonds is 9. The van der Waals surface area contributed by atoms with Crippen molar-refractivity contribution in [3.05, 3.63) is 91.9 Å². The van der Waals surface area contributed by atoms with Crippen molar-refractivity contribution < 1.29 is 23.9 Å². The van der Waals surface area contributed by atoms with Gasteiger partial charge in [0.25, 0.3) is 5.24 Å². The molecule has 3 aromatic rings. The summed E-state index contributed by atoms with van der Waals surface area (Å²) in [6.45, 7) is 1.44. The highest BCUT2D eigenvalue weighted by Gasteiger charge is 2.49. The number of ether oxygens (including phenoxy) is 2. The standard InChI is InChI=1S/C27H21Br2Cl2NO5S/c1-27(25(34)32(26(35)38-27)14-17-5-2-3-7-20(17)30)12-18-11-19(29)9-10-21(18)36-15-23(33)37-22-8-4-6-16(13-28)24(22)31/h2-11H,12-15H2,1H3. The number of benzene rings is 3. The lowest BCUT2D eigenvalue weighted by molar-refractivity contribution is -0.136. The average Bonchev–Trinajstić information content (AvgIpc) is 3.08. The third-order valence-corrected chi connectivity index (χ3v) is 8.88. The van der Waals surface area contributed by atoms with Gasteiger partial charge < -0.3 is 9.47 Å².